The van der Waals surface area contributed by atoms with E-state index in [9.17, 15) is 4.79 Å². The number of carbonyl (C=O) groups excluding carboxylic acids is 1. The molecule has 0 unspecified atom stereocenters. The minimum Gasteiger partial charge on any atom is -0.495 e. The first-order chi connectivity index (χ1) is 14.1. The normalized spacial score (nSPS) is 14.1. The van der Waals surface area contributed by atoms with Gasteiger partial charge < -0.3 is 24.6 Å². The van der Waals surface area contributed by atoms with Gasteiger partial charge in [-0.1, -0.05) is 44.2 Å². The lowest BCUT2D eigenvalue weighted by Crippen LogP contribution is -2.52. The van der Waals surface area contributed by atoms with E-state index in [0.717, 1.165) is 30.3 Å². The molecule has 2 aromatic carbocycles. The predicted molar refractivity (Wildman–Crippen MR) is 116 cm³/mol. The molecule has 0 radical (unpaired) electrons. The Morgan fingerprint density at radius 3 is 2.34 bits per heavy atom. The van der Waals surface area contributed by atoms with Gasteiger partial charge in [0.2, 0.25) is 0 Å². The molecule has 0 atom stereocenters. The first-order valence-electron chi connectivity index (χ1n) is 10.2. The van der Waals surface area contributed by atoms with Crippen LogP contribution in [-0.4, -0.2) is 57.4 Å². The number of ether oxygens (including phenoxy) is 2. The highest BCUT2D eigenvalue weighted by Crippen LogP contribution is 2.28. The van der Waals surface area contributed by atoms with Crippen LogP contribution in [0.3, 0.4) is 0 Å². The van der Waals surface area contributed by atoms with Crippen LogP contribution < -0.4 is 19.7 Å². The highest BCUT2D eigenvalue weighted by molar-refractivity contribution is 5.74. The van der Waals surface area contributed by atoms with Crippen molar-refractivity contribution in [2.45, 2.75) is 19.8 Å². The fourth-order valence-corrected chi connectivity index (χ4v) is 3.56. The number of benzene rings is 2. The molecule has 156 valence electrons. The molecule has 2 aromatic rings. The van der Waals surface area contributed by atoms with Gasteiger partial charge in [0, 0.05) is 26.2 Å². The molecule has 6 nitrogen and oxygen atoms in total. The topological polar surface area (TPSA) is 54.0 Å². The summed E-state index contributed by atoms with van der Waals surface area (Å²) in [7, 11) is 1.68. The Morgan fingerprint density at radius 1 is 1.00 bits per heavy atom. The molecule has 1 aliphatic heterocycles. The van der Waals surface area contributed by atoms with Crippen molar-refractivity contribution in [2.24, 2.45) is 0 Å². The minimum atomic E-state index is -0.0366. The summed E-state index contributed by atoms with van der Waals surface area (Å²) in [4.78, 5) is 16.6. The van der Waals surface area contributed by atoms with E-state index in [1.54, 1.807) is 7.11 Å². The van der Waals surface area contributed by atoms with Crippen LogP contribution in [0.5, 0.6) is 11.5 Å². The molecule has 0 aliphatic carbocycles. The van der Waals surface area contributed by atoms with Crippen LogP contribution in [-0.2, 0) is 0 Å². The average Bonchev–Trinajstić information content (AvgIpc) is 2.76. The number of urea groups is 1. The summed E-state index contributed by atoms with van der Waals surface area (Å²) in [6.07, 6.45) is 0. The molecule has 3 rings (SSSR count). The number of carbonyl (C=O) groups is 1. The number of amides is 2. The lowest BCUT2D eigenvalue weighted by atomic mass is 10.0. The molecule has 0 spiro atoms. The van der Waals surface area contributed by atoms with Gasteiger partial charge in [0.05, 0.1) is 19.3 Å². The Bertz CT molecular complexity index is 801. The van der Waals surface area contributed by atoms with E-state index in [1.807, 2.05) is 41.3 Å². The third-order valence-electron chi connectivity index (χ3n) is 5.17. The van der Waals surface area contributed by atoms with E-state index in [0.29, 0.717) is 32.2 Å². The molecule has 2 amide bonds. The summed E-state index contributed by atoms with van der Waals surface area (Å²) in [5, 5.41) is 2.97. The number of piperazine rings is 1. The molecule has 29 heavy (non-hydrogen) atoms. The van der Waals surface area contributed by atoms with Crippen LogP contribution in [0.4, 0.5) is 10.5 Å². The van der Waals surface area contributed by atoms with E-state index < -0.39 is 0 Å². The van der Waals surface area contributed by atoms with Crippen molar-refractivity contribution in [3.8, 4) is 11.5 Å². The SMILES string of the molecule is COc1ccccc1N1CCN(C(=O)NCCOc2ccccc2C(C)C)CC1. The maximum absolute atomic E-state index is 12.5. The fourth-order valence-electron chi connectivity index (χ4n) is 3.56. The van der Waals surface area contributed by atoms with Crippen molar-refractivity contribution < 1.29 is 14.3 Å². The first kappa shape index (κ1) is 20.8. The number of methoxy groups -OCH3 is 1. The second-order valence-corrected chi connectivity index (χ2v) is 7.42. The van der Waals surface area contributed by atoms with Gasteiger partial charge in [-0.25, -0.2) is 4.79 Å². The highest BCUT2D eigenvalue weighted by atomic mass is 16.5. The molecule has 1 heterocycles. The zero-order valence-corrected chi connectivity index (χ0v) is 17.6. The number of anilines is 1. The lowest BCUT2D eigenvalue weighted by molar-refractivity contribution is 0.191. The van der Waals surface area contributed by atoms with Crippen molar-refractivity contribution in [3.05, 3.63) is 54.1 Å². The molecule has 1 N–H and O–H groups in total. The molecule has 1 saturated heterocycles. The van der Waals surface area contributed by atoms with Crippen molar-refractivity contribution in [1.82, 2.24) is 10.2 Å². The van der Waals surface area contributed by atoms with Crippen molar-refractivity contribution in [1.29, 1.82) is 0 Å². The summed E-state index contributed by atoms with van der Waals surface area (Å²) >= 11 is 0. The Hall–Kier alpha value is -2.89. The van der Waals surface area contributed by atoms with E-state index in [-0.39, 0.29) is 6.03 Å². The van der Waals surface area contributed by atoms with Gasteiger partial charge in [0.25, 0.3) is 0 Å². The van der Waals surface area contributed by atoms with Crippen molar-refractivity contribution in [2.75, 3.05) is 51.3 Å². The summed E-state index contributed by atoms with van der Waals surface area (Å²) < 4.78 is 11.3. The number of hydrogen-bond donors (Lipinski definition) is 1. The number of rotatable bonds is 7. The Kier molecular flexibility index (Phi) is 7.22. The van der Waals surface area contributed by atoms with Gasteiger partial charge in [-0.3, -0.25) is 0 Å². The molecular formula is C23H31N3O3. The summed E-state index contributed by atoms with van der Waals surface area (Å²) in [6.45, 7) is 8.16. The monoisotopic (exact) mass is 397 g/mol. The van der Waals surface area contributed by atoms with E-state index in [1.165, 1.54) is 5.56 Å². The number of nitrogens with zero attached hydrogens (tertiary/aromatic N) is 2. The van der Waals surface area contributed by atoms with Gasteiger partial charge in [-0.2, -0.15) is 0 Å². The van der Waals surface area contributed by atoms with Crippen LogP contribution in [0.15, 0.2) is 48.5 Å². The maximum Gasteiger partial charge on any atom is 0.317 e. The van der Waals surface area contributed by atoms with Crippen LogP contribution in [0.2, 0.25) is 0 Å². The van der Waals surface area contributed by atoms with E-state index in [4.69, 9.17) is 9.47 Å². The second kappa shape index (κ2) is 10.0. The van der Waals surface area contributed by atoms with E-state index in [2.05, 4.69) is 36.2 Å². The van der Waals surface area contributed by atoms with E-state index >= 15 is 0 Å². The van der Waals surface area contributed by atoms with Crippen LogP contribution in [0.1, 0.15) is 25.3 Å². The van der Waals surface area contributed by atoms with Gasteiger partial charge in [-0.05, 0) is 29.7 Å². The summed E-state index contributed by atoms with van der Waals surface area (Å²) in [5.74, 6) is 2.16. The van der Waals surface area contributed by atoms with Crippen LogP contribution in [0.25, 0.3) is 0 Å². The number of nitrogens with one attached hydrogen (secondary N) is 1. The molecule has 1 aliphatic rings. The number of hydrogen-bond acceptors (Lipinski definition) is 4. The van der Waals surface area contributed by atoms with Crippen molar-refractivity contribution in [3.63, 3.8) is 0 Å². The molecule has 6 heteroatoms. The quantitative estimate of drug-likeness (QED) is 0.724. The van der Waals surface area contributed by atoms with Gasteiger partial charge in [0.1, 0.15) is 18.1 Å². The zero-order valence-electron chi connectivity index (χ0n) is 17.6. The Labute approximate surface area is 173 Å². The number of para-hydroxylation sites is 3. The maximum atomic E-state index is 12.5. The third kappa shape index (κ3) is 5.34. The third-order valence-corrected chi connectivity index (χ3v) is 5.17. The molecule has 1 fully saturated rings. The fraction of sp³-hybridized carbons (Fsp3) is 0.435. The highest BCUT2D eigenvalue weighted by Gasteiger charge is 2.22. The summed E-state index contributed by atoms with van der Waals surface area (Å²) in [6, 6.07) is 16.0. The second-order valence-electron chi connectivity index (χ2n) is 7.42. The smallest absolute Gasteiger partial charge is 0.317 e. The zero-order chi connectivity index (χ0) is 20.6. The molecule has 0 saturated carbocycles. The van der Waals surface area contributed by atoms with Gasteiger partial charge in [0.15, 0.2) is 0 Å². The predicted octanol–water partition coefficient (Wildman–Crippen LogP) is 3.73. The first-order valence-corrected chi connectivity index (χ1v) is 10.2. The van der Waals surface area contributed by atoms with Gasteiger partial charge >= 0.3 is 6.03 Å². The lowest BCUT2D eigenvalue weighted by Gasteiger charge is -2.36. The largest absolute Gasteiger partial charge is 0.495 e. The van der Waals surface area contributed by atoms with Crippen LogP contribution in [0, 0.1) is 0 Å². The van der Waals surface area contributed by atoms with Crippen molar-refractivity contribution >= 4 is 11.7 Å². The van der Waals surface area contributed by atoms with Gasteiger partial charge in [-0.15, -0.1) is 0 Å². The average molecular weight is 398 g/mol. The Balaban J connectivity index is 1.42. The molecule has 0 aromatic heterocycles. The summed E-state index contributed by atoms with van der Waals surface area (Å²) in [5.41, 5.74) is 2.26. The van der Waals surface area contributed by atoms with Crippen LogP contribution >= 0.6 is 0 Å². The minimum absolute atomic E-state index is 0.0366. The Morgan fingerprint density at radius 2 is 1.66 bits per heavy atom. The molecular weight excluding hydrogens is 366 g/mol. The standard InChI is InChI=1S/C23H31N3O3/c1-18(2)19-8-4-6-10-21(19)29-17-12-24-23(27)26-15-13-25(14-16-26)20-9-5-7-11-22(20)28-3/h4-11,18H,12-17H2,1-3H3,(H,24,27). The molecule has 0 bridgehead atoms.